The first kappa shape index (κ1) is 13.0. The minimum Gasteiger partial charge on any atom is -0.308 e. The lowest BCUT2D eigenvalue weighted by molar-refractivity contribution is -0.115. The summed E-state index contributed by atoms with van der Waals surface area (Å²) < 4.78 is 1.66. The van der Waals surface area contributed by atoms with Crippen molar-refractivity contribution in [2.75, 3.05) is 18.4 Å². The molecule has 6 heteroatoms. The lowest BCUT2D eigenvalue weighted by Crippen LogP contribution is -2.29. The maximum Gasteiger partial charge on any atom is 0.239 e. The molecule has 1 saturated carbocycles. The van der Waals surface area contributed by atoms with Gasteiger partial charge in [0.2, 0.25) is 5.91 Å². The third-order valence-corrected chi connectivity index (χ3v) is 2.40. The maximum absolute atomic E-state index is 11.4. The lowest BCUT2D eigenvalue weighted by Gasteiger charge is -2.03. The first-order valence-corrected chi connectivity index (χ1v) is 5.24. The summed E-state index contributed by atoms with van der Waals surface area (Å²) >= 11 is 0. The zero-order chi connectivity index (χ0) is 10.7. The van der Waals surface area contributed by atoms with Gasteiger partial charge >= 0.3 is 0 Å². The van der Waals surface area contributed by atoms with Gasteiger partial charge in [-0.1, -0.05) is 0 Å². The zero-order valence-corrected chi connectivity index (χ0v) is 10.1. The van der Waals surface area contributed by atoms with Gasteiger partial charge in [-0.15, -0.1) is 12.4 Å². The molecule has 0 aliphatic heterocycles. The molecular weight excluding hydrogens is 228 g/mol. The van der Waals surface area contributed by atoms with Crippen molar-refractivity contribution in [2.45, 2.75) is 12.8 Å². The predicted octanol–water partition coefficient (Wildman–Crippen LogP) is 0.780. The van der Waals surface area contributed by atoms with Crippen LogP contribution in [0.2, 0.25) is 0 Å². The Morgan fingerprint density at radius 1 is 1.62 bits per heavy atom. The molecule has 1 aliphatic carbocycles. The van der Waals surface area contributed by atoms with Gasteiger partial charge in [-0.25, -0.2) is 0 Å². The van der Waals surface area contributed by atoms with Crippen molar-refractivity contribution in [2.24, 2.45) is 13.0 Å². The average molecular weight is 245 g/mol. The highest BCUT2D eigenvalue weighted by Crippen LogP contribution is 2.27. The molecule has 5 nitrogen and oxygen atoms in total. The molecule has 1 heterocycles. The van der Waals surface area contributed by atoms with Crippen LogP contribution in [0.15, 0.2) is 12.3 Å². The van der Waals surface area contributed by atoms with Gasteiger partial charge < -0.3 is 10.6 Å². The smallest absolute Gasteiger partial charge is 0.239 e. The van der Waals surface area contributed by atoms with E-state index in [0.29, 0.717) is 12.4 Å². The Morgan fingerprint density at radius 3 is 2.94 bits per heavy atom. The number of carbonyl (C=O) groups excluding carboxylic acids is 1. The fourth-order valence-corrected chi connectivity index (χ4v) is 1.38. The number of hydrogen-bond acceptors (Lipinski definition) is 3. The monoisotopic (exact) mass is 244 g/mol. The van der Waals surface area contributed by atoms with E-state index in [4.69, 9.17) is 0 Å². The summed E-state index contributed by atoms with van der Waals surface area (Å²) in [7, 11) is 1.82. The first-order valence-electron chi connectivity index (χ1n) is 5.24. The van der Waals surface area contributed by atoms with Crippen molar-refractivity contribution >= 4 is 24.1 Å². The van der Waals surface area contributed by atoms with Crippen LogP contribution in [-0.2, 0) is 11.8 Å². The second kappa shape index (κ2) is 5.86. The maximum atomic E-state index is 11.4. The number of carbonyl (C=O) groups is 1. The molecule has 0 spiro atoms. The van der Waals surface area contributed by atoms with E-state index in [1.807, 2.05) is 7.05 Å². The molecule has 0 radical (unpaired) electrons. The number of amides is 1. The summed E-state index contributed by atoms with van der Waals surface area (Å²) in [5, 5.41) is 9.91. The van der Waals surface area contributed by atoms with Crippen molar-refractivity contribution in [1.82, 2.24) is 15.1 Å². The second-order valence-electron chi connectivity index (χ2n) is 4.00. The highest BCUT2D eigenvalue weighted by atomic mass is 35.5. The molecule has 0 atom stereocenters. The third-order valence-electron chi connectivity index (χ3n) is 2.40. The molecule has 2 rings (SSSR count). The zero-order valence-electron chi connectivity index (χ0n) is 9.27. The number of aryl methyl sites for hydroxylation is 1. The third kappa shape index (κ3) is 4.20. The molecule has 1 amide bonds. The summed E-state index contributed by atoms with van der Waals surface area (Å²) in [5.41, 5.74) is 0. The Balaban J connectivity index is 0.00000128. The van der Waals surface area contributed by atoms with E-state index >= 15 is 0 Å². The molecule has 1 aromatic heterocycles. The largest absolute Gasteiger partial charge is 0.308 e. The standard InChI is InChI=1S/C10H16N4O.ClH/c1-14-5-4-9(13-14)12-10(15)7-11-6-8-2-3-8;/h4-5,8,11H,2-3,6-7H2,1H3,(H,12,13,15);1H. The molecular formula is C10H17ClN4O. The summed E-state index contributed by atoms with van der Waals surface area (Å²) in [4.78, 5) is 11.4. The fourth-order valence-electron chi connectivity index (χ4n) is 1.38. The van der Waals surface area contributed by atoms with Gasteiger partial charge in [0.15, 0.2) is 5.82 Å². The molecule has 1 aliphatic rings. The van der Waals surface area contributed by atoms with Crippen LogP contribution in [0.4, 0.5) is 5.82 Å². The van der Waals surface area contributed by atoms with Crippen LogP contribution in [0.1, 0.15) is 12.8 Å². The van der Waals surface area contributed by atoms with Crippen molar-refractivity contribution < 1.29 is 4.79 Å². The molecule has 0 unspecified atom stereocenters. The average Bonchev–Trinajstić information content (AvgIpc) is 2.91. The summed E-state index contributed by atoms with van der Waals surface area (Å²) in [5.74, 6) is 1.37. The fraction of sp³-hybridized carbons (Fsp3) is 0.600. The summed E-state index contributed by atoms with van der Waals surface area (Å²) in [6.07, 6.45) is 4.40. The van der Waals surface area contributed by atoms with Crippen LogP contribution >= 0.6 is 12.4 Å². The molecule has 0 bridgehead atoms. The quantitative estimate of drug-likeness (QED) is 0.805. The molecule has 1 fully saturated rings. The number of nitrogens with zero attached hydrogens (tertiary/aromatic N) is 2. The predicted molar refractivity (Wildman–Crippen MR) is 64.7 cm³/mol. The van der Waals surface area contributed by atoms with E-state index in [2.05, 4.69) is 15.7 Å². The number of hydrogen-bond donors (Lipinski definition) is 2. The first-order chi connectivity index (χ1) is 7.24. The normalized spacial score (nSPS) is 14.3. The van der Waals surface area contributed by atoms with Gasteiger partial charge in [-0.05, 0) is 25.3 Å². The van der Waals surface area contributed by atoms with Gasteiger partial charge in [0.05, 0.1) is 6.54 Å². The topological polar surface area (TPSA) is 59.0 Å². The Labute approximate surface area is 101 Å². The van der Waals surface area contributed by atoms with Crippen LogP contribution < -0.4 is 10.6 Å². The molecule has 2 N–H and O–H groups in total. The molecule has 90 valence electrons. The van der Waals surface area contributed by atoms with Gasteiger partial charge in [-0.3, -0.25) is 9.48 Å². The molecule has 1 aromatic rings. The van der Waals surface area contributed by atoms with Crippen LogP contribution in [0.25, 0.3) is 0 Å². The van der Waals surface area contributed by atoms with E-state index in [-0.39, 0.29) is 18.3 Å². The van der Waals surface area contributed by atoms with E-state index in [1.165, 1.54) is 12.8 Å². The Kier molecular flexibility index (Phi) is 4.76. The second-order valence-corrected chi connectivity index (χ2v) is 4.00. The van der Waals surface area contributed by atoms with Gasteiger partial charge in [0, 0.05) is 19.3 Å². The van der Waals surface area contributed by atoms with Crippen LogP contribution in [0.5, 0.6) is 0 Å². The SMILES string of the molecule is Cl.Cn1ccc(NC(=O)CNCC2CC2)n1. The van der Waals surface area contributed by atoms with Gasteiger partial charge in [-0.2, -0.15) is 5.10 Å². The van der Waals surface area contributed by atoms with Crippen LogP contribution in [0, 0.1) is 5.92 Å². The Bertz CT molecular complexity index is 348. The number of rotatable bonds is 5. The summed E-state index contributed by atoms with van der Waals surface area (Å²) in [6, 6.07) is 1.78. The van der Waals surface area contributed by atoms with E-state index in [0.717, 1.165) is 12.5 Å². The van der Waals surface area contributed by atoms with Crippen molar-refractivity contribution in [3.8, 4) is 0 Å². The number of anilines is 1. The van der Waals surface area contributed by atoms with Crippen LogP contribution in [0.3, 0.4) is 0 Å². The molecule has 0 saturated heterocycles. The van der Waals surface area contributed by atoms with Crippen molar-refractivity contribution in [3.05, 3.63) is 12.3 Å². The lowest BCUT2D eigenvalue weighted by atomic mass is 10.4. The number of halogens is 1. The van der Waals surface area contributed by atoms with Crippen molar-refractivity contribution in [1.29, 1.82) is 0 Å². The molecule has 16 heavy (non-hydrogen) atoms. The highest BCUT2D eigenvalue weighted by Gasteiger charge is 2.20. The van der Waals surface area contributed by atoms with Crippen LogP contribution in [-0.4, -0.2) is 28.8 Å². The van der Waals surface area contributed by atoms with E-state index < -0.39 is 0 Å². The minimum absolute atomic E-state index is 0. The Morgan fingerprint density at radius 2 is 2.38 bits per heavy atom. The summed E-state index contributed by atoms with van der Waals surface area (Å²) in [6.45, 7) is 1.32. The van der Waals surface area contributed by atoms with Crippen molar-refractivity contribution in [3.63, 3.8) is 0 Å². The van der Waals surface area contributed by atoms with Gasteiger partial charge in [0.1, 0.15) is 0 Å². The molecule has 0 aromatic carbocycles. The number of aromatic nitrogens is 2. The number of nitrogens with one attached hydrogen (secondary N) is 2. The van der Waals surface area contributed by atoms with E-state index in [1.54, 1.807) is 16.9 Å². The van der Waals surface area contributed by atoms with Gasteiger partial charge in [0.25, 0.3) is 0 Å². The minimum atomic E-state index is -0.0330. The Hall–Kier alpha value is -1.07. The van der Waals surface area contributed by atoms with E-state index in [9.17, 15) is 4.79 Å². The highest BCUT2D eigenvalue weighted by molar-refractivity contribution is 5.91.